The fourth-order valence-corrected chi connectivity index (χ4v) is 6.30. The molecule has 1 aromatic carbocycles. The van der Waals surface area contributed by atoms with Crippen LogP contribution in [0.25, 0.3) is 11.0 Å². The van der Waals surface area contributed by atoms with Crippen LogP contribution in [0.15, 0.2) is 47.6 Å². The van der Waals surface area contributed by atoms with Gasteiger partial charge in [0.2, 0.25) is 0 Å². The Bertz CT molecular complexity index is 1410. The van der Waals surface area contributed by atoms with E-state index in [2.05, 4.69) is 47.1 Å². The standard InChI is InChI=1S/C26H28BrClFN3O4Si/c1-5-8-26(25(34)35)19-7-6-16(29)11-18(19)24(33)32(26)14-17-12-21-23(20(28)13-22(27)30-21)31(17)15-36-9-10-37(2,3)4/h5-7,11-13H,1,8-10,14-15H2,2-4H3,(H,34,35)/t26-/m0/s1. The van der Waals surface area contributed by atoms with Crippen LogP contribution in [-0.4, -0.2) is 46.1 Å². The SMILES string of the molecule is C=CC[C@@]1(C(=O)O)c2ccc(F)cc2C(=O)N1Cc1cc2nc(Br)cc(Cl)c2n1COCC[Si](C)(C)C. The summed E-state index contributed by atoms with van der Waals surface area (Å²) >= 11 is 9.95. The molecule has 0 spiro atoms. The van der Waals surface area contributed by atoms with Gasteiger partial charge < -0.3 is 19.3 Å². The van der Waals surface area contributed by atoms with Crippen LogP contribution in [0.1, 0.15) is 28.0 Å². The van der Waals surface area contributed by atoms with Gasteiger partial charge in [0.05, 0.1) is 22.6 Å². The Morgan fingerprint density at radius 1 is 1.32 bits per heavy atom. The lowest BCUT2D eigenvalue weighted by atomic mass is 9.86. The van der Waals surface area contributed by atoms with Gasteiger partial charge in [-0.1, -0.05) is 43.4 Å². The minimum atomic E-state index is -1.74. The van der Waals surface area contributed by atoms with Gasteiger partial charge in [0.15, 0.2) is 5.54 Å². The van der Waals surface area contributed by atoms with Crippen molar-refractivity contribution in [2.75, 3.05) is 6.61 Å². The predicted octanol–water partition coefficient (Wildman–Crippen LogP) is 6.42. The summed E-state index contributed by atoms with van der Waals surface area (Å²) in [5, 5.41) is 10.8. The van der Waals surface area contributed by atoms with Crippen LogP contribution in [0.4, 0.5) is 4.39 Å². The number of ether oxygens (including phenoxy) is 1. The normalized spacial score (nSPS) is 17.5. The van der Waals surface area contributed by atoms with E-state index < -0.39 is 31.3 Å². The fourth-order valence-electron chi connectivity index (χ4n) is 4.69. The average molecular weight is 609 g/mol. The maximum Gasteiger partial charge on any atom is 0.334 e. The zero-order chi connectivity index (χ0) is 27.1. The first-order valence-electron chi connectivity index (χ1n) is 11.8. The average Bonchev–Trinajstić information content (AvgIpc) is 3.25. The van der Waals surface area contributed by atoms with Gasteiger partial charge in [0, 0.05) is 37.9 Å². The smallest absolute Gasteiger partial charge is 0.334 e. The van der Waals surface area contributed by atoms with Crippen LogP contribution >= 0.6 is 27.5 Å². The number of fused-ring (bicyclic) bond motifs is 2. The van der Waals surface area contributed by atoms with Crippen molar-refractivity contribution in [1.29, 1.82) is 0 Å². The van der Waals surface area contributed by atoms with Gasteiger partial charge in [0.1, 0.15) is 17.2 Å². The highest BCUT2D eigenvalue weighted by atomic mass is 79.9. The molecule has 0 radical (unpaired) electrons. The molecule has 1 N–H and O–H groups in total. The number of rotatable bonds is 10. The van der Waals surface area contributed by atoms with E-state index in [4.69, 9.17) is 16.3 Å². The molecule has 0 fully saturated rings. The number of carbonyl (C=O) groups excluding carboxylic acids is 1. The second-order valence-corrected chi connectivity index (χ2v) is 17.2. The first-order valence-corrected chi connectivity index (χ1v) is 16.6. The van der Waals surface area contributed by atoms with E-state index in [9.17, 15) is 19.1 Å². The van der Waals surface area contributed by atoms with E-state index >= 15 is 0 Å². The van der Waals surface area contributed by atoms with Gasteiger partial charge in [0.25, 0.3) is 5.91 Å². The van der Waals surface area contributed by atoms with E-state index in [1.54, 1.807) is 12.1 Å². The molecule has 11 heteroatoms. The molecule has 37 heavy (non-hydrogen) atoms. The summed E-state index contributed by atoms with van der Waals surface area (Å²) in [4.78, 5) is 32.1. The molecular formula is C26H28BrClFN3O4Si. The molecule has 0 saturated carbocycles. The number of aromatic nitrogens is 2. The van der Waals surface area contributed by atoms with E-state index in [1.165, 1.54) is 23.1 Å². The third-order valence-electron chi connectivity index (χ3n) is 6.56. The quantitative estimate of drug-likeness (QED) is 0.124. The summed E-state index contributed by atoms with van der Waals surface area (Å²) in [6.45, 7) is 11.1. The molecule has 0 saturated heterocycles. The Morgan fingerprint density at radius 2 is 2.05 bits per heavy atom. The van der Waals surface area contributed by atoms with Gasteiger partial charge in [-0.25, -0.2) is 14.2 Å². The summed E-state index contributed by atoms with van der Waals surface area (Å²) in [6.07, 6.45) is 1.40. The van der Waals surface area contributed by atoms with Crippen molar-refractivity contribution >= 4 is 58.5 Å². The van der Waals surface area contributed by atoms with Crippen molar-refractivity contribution < 1.29 is 23.8 Å². The summed E-state index contributed by atoms with van der Waals surface area (Å²) in [6, 6.07) is 8.02. The van der Waals surface area contributed by atoms with Crippen molar-refractivity contribution in [2.45, 2.75) is 50.9 Å². The van der Waals surface area contributed by atoms with Crippen LogP contribution in [0, 0.1) is 5.82 Å². The van der Waals surface area contributed by atoms with Crippen molar-refractivity contribution in [2.24, 2.45) is 0 Å². The fraction of sp³-hybridized carbons (Fsp3) is 0.346. The zero-order valence-corrected chi connectivity index (χ0v) is 24.2. The summed E-state index contributed by atoms with van der Waals surface area (Å²) in [5.41, 5.74) is 0.304. The summed E-state index contributed by atoms with van der Waals surface area (Å²) < 4.78 is 22.5. The Hall–Kier alpha value is -2.53. The van der Waals surface area contributed by atoms with Crippen molar-refractivity contribution in [3.63, 3.8) is 0 Å². The topological polar surface area (TPSA) is 84.7 Å². The molecule has 4 rings (SSSR count). The molecular weight excluding hydrogens is 581 g/mol. The number of carboxylic acid groups (broad SMARTS) is 1. The number of hydrogen-bond acceptors (Lipinski definition) is 4. The largest absolute Gasteiger partial charge is 0.479 e. The van der Waals surface area contributed by atoms with E-state index in [1.807, 2.05) is 4.57 Å². The van der Waals surface area contributed by atoms with Gasteiger partial charge in [-0.05, 0) is 46.2 Å². The lowest BCUT2D eigenvalue weighted by Crippen LogP contribution is -2.49. The monoisotopic (exact) mass is 607 g/mol. The number of amides is 1. The molecule has 1 aliphatic rings. The second-order valence-electron chi connectivity index (χ2n) is 10.3. The lowest BCUT2D eigenvalue weighted by Gasteiger charge is -2.35. The van der Waals surface area contributed by atoms with Crippen LogP contribution in [0.3, 0.4) is 0 Å². The van der Waals surface area contributed by atoms with Crippen molar-refractivity contribution in [3.8, 4) is 0 Å². The van der Waals surface area contributed by atoms with Gasteiger partial charge >= 0.3 is 5.97 Å². The highest BCUT2D eigenvalue weighted by molar-refractivity contribution is 9.10. The van der Waals surface area contributed by atoms with E-state index in [-0.39, 0.29) is 30.8 Å². The van der Waals surface area contributed by atoms with Crippen molar-refractivity contribution in [3.05, 3.63) is 75.3 Å². The Labute approximate surface area is 229 Å². The van der Waals surface area contributed by atoms with Gasteiger partial charge in [-0.15, -0.1) is 6.58 Å². The van der Waals surface area contributed by atoms with Crippen LogP contribution < -0.4 is 0 Å². The number of nitrogens with zero attached hydrogens (tertiary/aromatic N) is 3. The molecule has 0 aliphatic carbocycles. The predicted molar refractivity (Wildman–Crippen MR) is 147 cm³/mol. The Kier molecular flexibility index (Phi) is 7.67. The molecule has 0 unspecified atom stereocenters. The minimum absolute atomic E-state index is 0.0252. The number of hydrogen-bond donors (Lipinski definition) is 1. The molecule has 1 amide bonds. The number of carbonyl (C=O) groups is 2. The highest BCUT2D eigenvalue weighted by Crippen LogP contribution is 2.44. The lowest BCUT2D eigenvalue weighted by molar-refractivity contribution is -0.150. The van der Waals surface area contributed by atoms with Crippen LogP contribution in [0.5, 0.6) is 0 Å². The first-order chi connectivity index (χ1) is 17.4. The molecule has 1 aliphatic heterocycles. The minimum Gasteiger partial charge on any atom is -0.479 e. The second kappa shape index (κ2) is 10.3. The molecule has 2 aromatic heterocycles. The summed E-state index contributed by atoms with van der Waals surface area (Å²) in [5.74, 6) is -2.41. The number of benzene rings is 1. The maximum absolute atomic E-state index is 14.1. The van der Waals surface area contributed by atoms with Crippen LogP contribution in [-0.2, 0) is 28.3 Å². The third-order valence-corrected chi connectivity index (χ3v) is 8.95. The maximum atomic E-state index is 14.1. The third kappa shape index (κ3) is 5.12. The number of pyridine rings is 1. The van der Waals surface area contributed by atoms with Crippen LogP contribution in [0.2, 0.25) is 30.7 Å². The zero-order valence-electron chi connectivity index (χ0n) is 20.9. The Balaban J connectivity index is 1.81. The molecule has 0 bridgehead atoms. The molecule has 3 aromatic rings. The number of halogens is 3. The molecule has 7 nitrogen and oxygen atoms in total. The molecule has 1 atom stereocenters. The molecule has 196 valence electrons. The van der Waals surface area contributed by atoms with E-state index in [0.717, 1.165) is 12.1 Å². The Morgan fingerprint density at radius 3 is 2.70 bits per heavy atom. The number of carboxylic acids is 1. The summed E-state index contributed by atoms with van der Waals surface area (Å²) in [7, 11) is -1.32. The highest BCUT2D eigenvalue weighted by Gasteiger charge is 2.54. The van der Waals surface area contributed by atoms with E-state index in [0.29, 0.717) is 33.0 Å². The first kappa shape index (κ1) is 27.5. The number of aliphatic carboxylic acids is 1. The van der Waals surface area contributed by atoms with Crippen molar-refractivity contribution in [1.82, 2.24) is 14.5 Å². The molecule has 3 heterocycles. The van der Waals surface area contributed by atoms with Gasteiger partial charge in [-0.3, -0.25) is 4.79 Å². The van der Waals surface area contributed by atoms with Gasteiger partial charge in [-0.2, -0.15) is 0 Å².